The van der Waals surface area contributed by atoms with Crippen molar-refractivity contribution in [3.05, 3.63) is 11.6 Å². The summed E-state index contributed by atoms with van der Waals surface area (Å²) in [6.07, 6.45) is -2.63. The summed E-state index contributed by atoms with van der Waals surface area (Å²) in [7, 11) is 0. The van der Waals surface area contributed by atoms with Gasteiger partial charge in [0.05, 0.1) is 6.61 Å². The summed E-state index contributed by atoms with van der Waals surface area (Å²) in [6.45, 7) is -0.866. The van der Waals surface area contributed by atoms with Crippen molar-refractivity contribution >= 4 is 16.5 Å². The number of aromatic nitrogens is 1. The lowest BCUT2D eigenvalue weighted by atomic mass is 10.6. The largest absolute Gasteiger partial charge is 0.411 e. The third-order valence-corrected chi connectivity index (χ3v) is 1.95. The van der Waals surface area contributed by atoms with Crippen LogP contribution in [0.2, 0.25) is 0 Å². The quantitative estimate of drug-likeness (QED) is 0.781. The second kappa shape index (κ2) is 5.16. The van der Waals surface area contributed by atoms with Crippen LogP contribution in [0, 0.1) is 0 Å². The highest BCUT2D eigenvalue weighted by Gasteiger charge is 2.27. The van der Waals surface area contributed by atoms with E-state index >= 15 is 0 Å². The summed E-state index contributed by atoms with van der Waals surface area (Å²) < 4.78 is 39.2. The fourth-order valence-corrected chi connectivity index (χ4v) is 1.29. The Morgan fingerprint density at radius 2 is 2.29 bits per heavy atom. The lowest BCUT2D eigenvalue weighted by molar-refractivity contribution is -0.172. The number of nitrogens with zero attached hydrogens (tertiary/aromatic N) is 1. The standard InChI is InChI=1S/C7H9F3N2OS/c8-7(9,10)5-13-3-1-11-6-12-2-4-14-6/h2,4H,1,3,5H2,(H,11,12). The number of anilines is 1. The molecule has 0 aromatic carbocycles. The molecular weight excluding hydrogens is 217 g/mol. The number of nitrogens with one attached hydrogen (secondary N) is 1. The minimum absolute atomic E-state index is 0.0130. The smallest absolute Gasteiger partial charge is 0.370 e. The summed E-state index contributed by atoms with van der Waals surface area (Å²) in [4.78, 5) is 3.89. The van der Waals surface area contributed by atoms with Crippen LogP contribution in [0.1, 0.15) is 0 Å². The first-order valence-corrected chi connectivity index (χ1v) is 4.74. The van der Waals surface area contributed by atoms with Gasteiger partial charge < -0.3 is 10.1 Å². The number of thiazole rings is 1. The van der Waals surface area contributed by atoms with Crippen molar-refractivity contribution in [3.8, 4) is 0 Å². The van der Waals surface area contributed by atoms with Crippen LogP contribution in [-0.4, -0.2) is 30.9 Å². The van der Waals surface area contributed by atoms with Crippen LogP contribution in [0.15, 0.2) is 11.6 Å². The van der Waals surface area contributed by atoms with Gasteiger partial charge in [0.1, 0.15) is 6.61 Å². The van der Waals surface area contributed by atoms with Crippen molar-refractivity contribution in [1.29, 1.82) is 0 Å². The highest BCUT2D eigenvalue weighted by molar-refractivity contribution is 7.13. The maximum Gasteiger partial charge on any atom is 0.411 e. The van der Waals surface area contributed by atoms with Gasteiger partial charge in [-0.15, -0.1) is 11.3 Å². The molecule has 0 atom stereocenters. The van der Waals surface area contributed by atoms with Crippen LogP contribution in [0.4, 0.5) is 18.3 Å². The molecule has 0 aliphatic heterocycles. The first-order valence-electron chi connectivity index (χ1n) is 3.86. The monoisotopic (exact) mass is 226 g/mol. The predicted octanol–water partition coefficient (Wildman–Crippen LogP) is 2.13. The first kappa shape index (κ1) is 11.3. The van der Waals surface area contributed by atoms with E-state index in [-0.39, 0.29) is 6.61 Å². The zero-order valence-corrected chi connectivity index (χ0v) is 7.99. The molecule has 1 rings (SSSR count). The van der Waals surface area contributed by atoms with E-state index in [9.17, 15) is 13.2 Å². The fraction of sp³-hybridized carbons (Fsp3) is 0.571. The minimum atomic E-state index is -4.25. The number of hydrogen-bond donors (Lipinski definition) is 1. The van der Waals surface area contributed by atoms with Crippen molar-refractivity contribution in [2.45, 2.75) is 6.18 Å². The van der Waals surface area contributed by atoms with Crippen LogP contribution < -0.4 is 5.32 Å². The van der Waals surface area contributed by atoms with E-state index in [2.05, 4.69) is 15.0 Å². The van der Waals surface area contributed by atoms with Gasteiger partial charge in [-0.2, -0.15) is 13.2 Å². The Hall–Kier alpha value is -0.820. The average Bonchev–Trinajstić information content (AvgIpc) is 2.54. The summed E-state index contributed by atoms with van der Waals surface area (Å²) in [6, 6.07) is 0. The van der Waals surface area contributed by atoms with E-state index in [1.807, 2.05) is 0 Å². The Morgan fingerprint density at radius 3 is 2.86 bits per heavy atom. The maximum atomic E-state index is 11.6. The van der Waals surface area contributed by atoms with Crippen molar-refractivity contribution in [2.75, 3.05) is 25.1 Å². The predicted molar refractivity (Wildman–Crippen MR) is 47.5 cm³/mol. The highest BCUT2D eigenvalue weighted by Crippen LogP contribution is 2.14. The van der Waals surface area contributed by atoms with E-state index in [1.54, 1.807) is 11.6 Å². The van der Waals surface area contributed by atoms with E-state index < -0.39 is 12.8 Å². The van der Waals surface area contributed by atoms with Crippen LogP contribution in [0.5, 0.6) is 0 Å². The summed E-state index contributed by atoms with van der Waals surface area (Å²) in [5.41, 5.74) is 0. The first-order chi connectivity index (χ1) is 6.58. The van der Waals surface area contributed by atoms with Crippen LogP contribution in [0.25, 0.3) is 0 Å². The van der Waals surface area contributed by atoms with Gasteiger partial charge in [-0.3, -0.25) is 0 Å². The molecule has 80 valence electrons. The van der Waals surface area contributed by atoms with Gasteiger partial charge in [-0.25, -0.2) is 4.98 Å². The molecule has 7 heteroatoms. The number of halogens is 3. The molecule has 14 heavy (non-hydrogen) atoms. The molecule has 0 amide bonds. The normalized spacial score (nSPS) is 11.6. The van der Waals surface area contributed by atoms with Gasteiger partial charge in [0.2, 0.25) is 0 Å². The zero-order valence-electron chi connectivity index (χ0n) is 7.17. The molecule has 1 heterocycles. The Bertz CT molecular complexity index is 250. The third kappa shape index (κ3) is 5.03. The van der Waals surface area contributed by atoms with Crippen molar-refractivity contribution in [2.24, 2.45) is 0 Å². The van der Waals surface area contributed by atoms with Gasteiger partial charge in [0, 0.05) is 18.1 Å². The van der Waals surface area contributed by atoms with Crippen molar-refractivity contribution < 1.29 is 17.9 Å². The SMILES string of the molecule is FC(F)(F)COCCNc1nccs1. The lowest BCUT2D eigenvalue weighted by Crippen LogP contribution is -2.20. The topological polar surface area (TPSA) is 34.1 Å². The van der Waals surface area contributed by atoms with Crippen molar-refractivity contribution in [3.63, 3.8) is 0 Å². The Balaban J connectivity index is 2.00. The number of alkyl halides is 3. The van der Waals surface area contributed by atoms with Gasteiger partial charge in [0.15, 0.2) is 5.13 Å². The van der Waals surface area contributed by atoms with Crippen LogP contribution >= 0.6 is 11.3 Å². The molecular formula is C7H9F3N2OS. The van der Waals surface area contributed by atoms with Gasteiger partial charge >= 0.3 is 6.18 Å². The Morgan fingerprint density at radius 1 is 1.50 bits per heavy atom. The maximum absolute atomic E-state index is 11.6. The number of ether oxygens (including phenoxy) is 1. The third-order valence-electron chi connectivity index (χ3n) is 1.22. The van der Waals surface area contributed by atoms with E-state index in [0.717, 1.165) is 0 Å². The summed E-state index contributed by atoms with van der Waals surface area (Å²) >= 11 is 1.39. The van der Waals surface area contributed by atoms with E-state index in [0.29, 0.717) is 11.7 Å². The molecule has 0 spiro atoms. The molecule has 0 bridgehead atoms. The van der Waals surface area contributed by atoms with Gasteiger partial charge in [0.25, 0.3) is 0 Å². The van der Waals surface area contributed by atoms with Crippen LogP contribution in [-0.2, 0) is 4.74 Å². The van der Waals surface area contributed by atoms with E-state index in [1.165, 1.54) is 11.3 Å². The molecule has 1 aromatic heterocycles. The Labute approximate surface area is 82.9 Å². The molecule has 0 radical (unpaired) electrons. The summed E-state index contributed by atoms with van der Waals surface area (Å²) in [5, 5.41) is 5.28. The molecule has 0 fully saturated rings. The minimum Gasteiger partial charge on any atom is -0.370 e. The molecule has 3 nitrogen and oxygen atoms in total. The second-order valence-electron chi connectivity index (χ2n) is 2.43. The lowest BCUT2D eigenvalue weighted by Gasteiger charge is -2.07. The summed E-state index contributed by atoms with van der Waals surface area (Å²) in [5.74, 6) is 0. The molecule has 0 saturated heterocycles. The van der Waals surface area contributed by atoms with Gasteiger partial charge in [-0.05, 0) is 0 Å². The Kier molecular flexibility index (Phi) is 4.15. The zero-order chi connectivity index (χ0) is 10.4. The molecule has 1 aromatic rings. The average molecular weight is 226 g/mol. The van der Waals surface area contributed by atoms with E-state index in [4.69, 9.17) is 0 Å². The highest BCUT2D eigenvalue weighted by atomic mass is 32.1. The second-order valence-corrected chi connectivity index (χ2v) is 3.33. The molecule has 1 N–H and O–H groups in total. The van der Waals surface area contributed by atoms with Crippen molar-refractivity contribution in [1.82, 2.24) is 4.98 Å². The molecule has 0 aliphatic rings. The molecule has 0 saturated carbocycles. The molecule has 0 aliphatic carbocycles. The number of rotatable bonds is 5. The fourth-order valence-electron chi connectivity index (χ4n) is 0.729. The number of hydrogen-bond acceptors (Lipinski definition) is 4. The van der Waals surface area contributed by atoms with Crippen LogP contribution in [0.3, 0.4) is 0 Å². The van der Waals surface area contributed by atoms with Gasteiger partial charge in [-0.1, -0.05) is 0 Å². The molecule has 0 unspecified atom stereocenters.